The Morgan fingerprint density at radius 1 is 1.56 bits per heavy atom. The third-order valence-corrected chi connectivity index (χ3v) is 3.28. The molecular weight excluding hydrogens is 233 g/mol. The van der Waals surface area contributed by atoms with Gasteiger partial charge in [0.2, 0.25) is 5.91 Å². The first-order chi connectivity index (χ1) is 8.60. The lowest BCUT2D eigenvalue weighted by Gasteiger charge is -2.23. The first-order valence-electron chi connectivity index (χ1n) is 6.10. The van der Waals surface area contributed by atoms with Gasteiger partial charge in [0.25, 0.3) is 0 Å². The number of halogens is 1. The Kier molecular flexibility index (Phi) is 3.81. The molecule has 1 atom stereocenters. The quantitative estimate of drug-likeness (QED) is 0.791. The van der Waals surface area contributed by atoms with E-state index >= 15 is 0 Å². The van der Waals surface area contributed by atoms with Gasteiger partial charge in [-0.1, -0.05) is 0 Å². The van der Waals surface area contributed by atoms with Crippen molar-refractivity contribution in [3.63, 3.8) is 0 Å². The Hall–Kier alpha value is -1.62. The number of hydrogen-bond acceptors (Lipinski definition) is 3. The minimum Gasteiger partial charge on any atom is -0.399 e. The summed E-state index contributed by atoms with van der Waals surface area (Å²) in [4.78, 5) is 13.8. The number of carbonyl (C=O) groups is 1. The number of likely N-dealkylation sites (tertiary alicyclic amines) is 1. The summed E-state index contributed by atoms with van der Waals surface area (Å²) in [7, 11) is 1.64. The number of anilines is 1. The summed E-state index contributed by atoms with van der Waals surface area (Å²) in [5, 5.41) is 2.67. The van der Waals surface area contributed by atoms with Crippen LogP contribution in [-0.2, 0) is 11.3 Å². The van der Waals surface area contributed by atoms with Gasteiger partial charge in [0.1, 0.15) is 5.82 Å². The van der Waals surface area contributed by atoms with Gasteiger partial charge in [-0.2, -0.15) is 0 Å². The molecule has 1 aliphatic rings. The van der Waals surface area contributed by atoms with Crippen molar-refractivity contribution in [2.45, 2.75) is 25.4 Å². The second-order valence-electron chi connectivity index (χ2n) is 4.64. The van der Waals surface area contributed by atoms with E-state index in [4.69, 9.17) is 5.73 Å². The monoisotopic (exact) mass is 251 g/mol. The standard InChI is InChI=1S/C13H18FN3O/c1-16-13(18)12-3-2-4-17(12)8-9-5-10(14)7-11(15)6-9/h5-7,12H,2-4,8,15H2,1H3,(H,16,18). The average Bonchev–Trinajstić information content (AvgIpc) is 2.74. The highest BCUT2D eigenvalue weighted by Gasteiger charge is 2.29. The summed E-state index contributed by atoms with van der Waals surface area (Å²) in [6, 6.07) is 4.40. The van der Waals surface area contributed by atoms with Crippen LogP contribution < -0.4 is 11.1 Å². The van der Waals surface area contributed by atoms with E-state index in [1.807, 2.05) is 0 Å². The summed E-state index contributed by atoms with van der Waals surface area (Å²) in [6.45, 7) is 1.41. The van der Waals surface area contributed by atoms with Crippen molar-refractivity contribution in [1.29, 1.82) is 0 Å². The van der Waals surface area contributed by atoms with E-state index in [0.29, 0.717) is 12.2 Å². The normalized spacial score (nSPS) is 20.0. The van der Waals surface area contributed by atoms with Gasteiger partial charge in [-0.25, -0.2) is 4.39 Å². The number of nitrogens with one attached hydrogen (secondary N) is 1. The molecule has 98 valence electrons. The van der Waals surface area contributed by atoms with Crippen LogP contribution in [0.1, 0.15) is 18.4 Å². The van der Waals surface area contributed by atoms with Crippen molar-refractivity contribution in [1.82, 2.24) is 10.2 Å². The Morgan fingerprint density at radius 2 is 2.33 bits per heavy atom. The molecule has 1 aromatic carbocycles. The molecule has 4 nitrogen and oxygen atoms in total. The number of hydrogen-bond donors (Lipinski definition) is 2. The second-order valence-corrected chi connectivity index (χ2v) is 4.64. The highest BCUT2D eigenvalue weighted by molar-refractivity contribution is 5.81. The van der Waals surface area contributed by atoms with Crippen LogP contribution in [0.4, 0.5) is 10.1 Å². The highest BCUT2D eigenvalue weighted by atomic mass is 19.1. The summed E-state index contributed by atoms with van der Waals surface area (Å²) in [5.41, 5.74) is 6.84. The SMILES string of the molecule is CNC(=O)C1CCCN1Cc1cc(N)cc(F)c1. The van der Waals surface area contributed by atoms with Crippen molar-refractivity contribution in [3.05, 3.63) is 29.6 Å². The zero-order valence-corrected chi connectivity index (χ0v) is 10.4. The van der Waals surface area contributed by atoms with E-state index in [-0.39, 0.29) is 17.8 Å². The van der Waals surface area contributed by atoms with Crippen molar-refractivity contribution in [2.75, 3.05) is 19.3 Å². The van der Waals surface area contributed by atoms with Crippen LogP contribution in [0.3, 0.4) is 0 Å². The fourth-order valence-corrected chi connectivity index (χ4v) is 2.48. The predicted molar refractivity (Wildman–Crippen MR) is 68.3 cm³/mol. The number of nitrogens with two attached hydrogens (primary N) is 1. The van der Waals surface area contributed by atoms with Gasteiger partial charge in [-0.3, -0.25) is 9.69 Å². The zero-order chi connectivity index (χ0) is 13.1. The van der Waals surface area contributed by atoms with Gasteiger partial charge in [-0.05, 0) is 43.1 Å². The summed E-state index contributed by atoms with van der Waals surface area (Å²) >= 11 is 0. The fraction of sp³-hybridized carbons (Fsp3) is 0.462. The van der Waals surface area contributed by atoms with Crippen molar-refractivity contribution in [3.8, 4) is 0 Å². The number of rotatable bonds is 3. The van der Waals surface area contributed by atoms with E-state index in [9.17, 15) is 9.18 Å². The maximum Gasteiger partial charge on any atom is 0.237 e. The molecule has 0 aromatic heterocycles. The molecule has 18 heavy (non-hydrogen) atoms. The van der Waals surface area contributed by atoms with Crippen LogP contribution in [0.15, 0.2) is 18.2 Å². The van der Waals surface area contributed by atoms with E-state index in [1.54, 1.807) is 13.1 Å². The molecular formula is C13H18FN3O. The Balaban J connectivity index is 2.10. The molecule has 2 rings (SSSR count). The Labute approximate surface area is 106 Å². The molecule has 1 heterocycles. The molecule has 5 heteroatoms. The molecule has 1 amide bonds. The van der Waals surface area contributed by atoms with Gasteiger partial charge in [0, 0.05) is 19.3 Å². The molecule has 0 aliphatic carbocycles. The number of carbonyl (C=O) groups excluding carboxylic acids is 1. The molecule has 1 unspecified atom stereocenters. The second kappa shape index (κ2) is 5.35. The third-order valence-electron chi connectivity index (χ3n) is 3.28. The largest absolute Gasteiger partial charge is 0.399 e. The minimum atomic E-state index is -0.333. The summed E-state index contributed by atoms with van der Waals surface area (Å²) < 4.78 is 13.2. The van der Waals surface area contributed by atoms with Crippen LogP contribution in [-0.4, -0.2) is 30.4 Å². The van der Waals surface area contributed by atoms with Crippen molar-refractivity contribution in [2.24, 2.45) is 0 Å². The van der Waals surface area contributed by atoms with Gasteiger partial charge in [0.15, 0.2) is 0 Å². The van der Waals surface area contributed by atoms with Crippen LogP contribution in [0.25, 0.3) is 0 Å². The summed E-state index contributed by atoms with van der Waals surface area (Å²) in [6.07, 6.45) is 1.84. The molecule has 0 radical (unpaired) electrons. The first-order valence-corrected chi connectivity index (χ1v) is 6.10. The number of nitrogen functional groups attached to an aromatic ring is 1. The van der Waals surface area contributed by atoms with Gasteiger partial charge >= 0.3 is 0 Å². The highest BCUT2D eigenvalue weighted by Crippen LogP contribution is 2.21. The lowest BCUT2D eigenvalue weighted by atomic mass is 10.1. The van der Waals surface area contributed by atoms with E-state index in [1.165, 1.54) is 12.1 Å². The maximum atomic E-state index is 13.2. The molecule has 1 aromatic rings. The average molecular weight is 251 g/mol. The number of amides is 1. The Bertz CT molecular complexity index is 430. The molecule has 1 fully saturated rings. The van der Waals surface area contributed by atoms with Gasteiger partial charge in [0.05, 0.1) is 6.04 Å². The van der Waals surface area contributed by atoms with Crippen molar-refractivity contribution < 1.29 is 9.18 Å². The third kappa shape index (κ3) is 2.79. The number of nitrogens with zero attached hydrogens (tertiary/aromatic N) is 1. The lowest BCUT2D eigenvalue weighted by molar-refractivity contribution is -0.125. The van der Waals surface area contributed by atoms with Gasteiger partial charge < -0.3 is 11.1 Å². The summed E-state index contributed by atoms with van der Waals surface area (Å²) in [5.74, 6) is -0.308. The molecule has 0 spiro atoms. The Morgan fingerprint density at radius 3 is 3.00 bits per heavy atom. The van der Waals surface area contributed by atoms with E-state index in [2.05, 4.69) is 10.2 Å². The lowest BCUT2D eigenvalue weighted by Crippen LogP contribution is -2.41. The van der Waals surface area contributed by atoms with E-state index < -0.39 is 0 Å². The molecule has 0 bridgehead atoms. The first kappa shape index (κ1) is 12.8. The zero-order valence-electron chi connectivity index (χ0n) is 10.4. The van der Waals surface area contributed by atoms with Crippen LogP contribution >= 0.6 is 0 Å². The van der Waals surface area contributed by atoms with Crippen LogP contribution in [0.5, 0.6) is 0 Å². The predicted octanol–water partition coefficient (Wildman–Crippen LogP) is 1.12. The maximum absolute atomic E-state index is 13.2. The van der Waals surface area contributed by atoms with Gasteiger partial charge in [-0.15, -0.1) is 0 Å². The van der Waals surface area contributed by atoms with Crippen LogP contribution in [0.2, 0.25) is 0 Å². The molecule has 1 aliphatic heterocycles. The number of benzene rings is 1. The minimum absolute atomic E-state index is 0.0249. The fourth-order valence-electron chi connectivity index (χ4n) is 2.48. The molecule has 3 N–H and O–H groups in total. The topological polar surface area (TPSA) is 58.4 Å². The smallest absolute Gasteiger partial charge is 0.237 e. The molecule has 0 saturated carbocycles. The van der Waals surface area contributed by atoms with E-state index in [0.717, 1.165) is 24.9 Å². The number of likely N-dealkylation sites (N-methyl/N-ethyl adjacent to an activating group) is 1. The van der Waals surface area contributed by atoms with Crippen molar-refractivity contribution >= 4 is 11.6 Å². The van der Waals surface area contributed by atoms with Crippen LogP contribution in [0, 0.1) is 5.82 Å². The molecule has 1 saturated heterocycles.